The Morgan fingerprint density at radius 1 is 0.913 bits per heavy atom. The maximum Gasteiger partial charge on any atom is 0.315 e. The largest absolute Gasteiger partial charge is 0.334 e. The van der Waals surface area contributed by atoms with Gasteiger partial charge in [-0.15, -0.1) is 0 Å². The average molecular weight is 304 g/mol. The van der Waals surface area contributed by atoms with E-state index >= 15 is 0 Å². The molecule has 3 heteroatoms. The van der Waals surface area contributed by atoms with Crippen molar-refractivity contribution in [1.29, 1.82) is 0 Å². The Balaban J connectivity index is 1.66. The van der Waals surface area contributed by atoms with Gasteiger partial charge in [0.15, 0.2) is 0 Å². The van der Waals surface area contributed by atoms with Gasteiger partial charge in [-0.1, -0.05) is 72.8 Å². The van der Waals surface area contributed by atoms with Gasteiger partial charge in [-0.2, -0.15) is 0 Å². The van der Waals surface area contributed by atoms with Crippen LogP contribution in [-0.4, -0.2) is 6.03 Å². The quantitative estimate of drug-likeness (QED) is 0.737. The highest BCUT2D eigenvalue weighted by molar-refractivity contribution is 5.86. The molecule has 0 bridgehead atoms. The van der Waals surface area contributed by atoms with Gasteiger partial charge in [0.1, 0.15) is 0 Å². The molecule has 3 rings (SSSR count). The SMILES string of the molecule is C[C@H](NC(=O)NCc1ccccc1)c1cccc2ccccc12. The van der Waals surface area contributed by atoms with E-state index in [2.05, 4.69) is 34.9 Å². The molecule has 0 aliphatic carbocycles. The summed E-state index contributed by atoms with van der Waals surface area (Å²) in [6.45, 7) is 2.53. The first-order chi connectivity index (χ1) is 11.2. The van der Waals surface area contributed by atoms with Crippen molar-refractivity contribution in [2.75, 3.05) is 0 Å². The fraction of sp³-hybridized carbons (Fsp3) is 0.150. The highest BCUT2D eigenvalue weighted by Crippen LogP contribution is 2.23. The van der Waals surface area contributed by atoms with Crippen molar-refractivity contribution < 1.29 is 4.79 Å². The number of nitrogens with one attached hydrogen (secondary N) is 2. The van der Waals surface area contributed by atoms with Crippen LogP contribution in [0.25, 0.3) is 10.8 Å². The molecular weight excluding hydrogens is 284 g/mol. The molecule has 2 N–H and O–H groups in total. The van der Waals surface area contributed by atoms with Crippen molar-refractivity contribution in [1.82, 2.24) is 10.6 Å². The molecule has 0 radical (unpaired) electrons. The van der Waals surface area contributed by atoms with Crippen molar-refractivity contribution >= 4 is 16.8 Å². The fourth-order valence-electron chi connectivity index (χ4n) is 2.73. The molecule has 3 aromatic carbocycles. The summed E-state index contributed by atoms with van der Waals surface area (Å²) < 4.78 is 0. The normalized spacial score (nSPS) is 11.9. The van der Waals surface area contributed by atoms with Crippen molar-refractivity contribution in [2.24, 2.45) is 0 Å². The molecule has 0 saturated carbocycles. The van der Waals surface area contributed by atoms with Gasteiger partial charge < -0.3 is 10.6 Å². The molecule has 23 heavy (non-hydrogen) atoms. The van der Waals surface area contributed by atoms with E-state index in [1.807, 2.05) is 55.5 Å². The molecule has 0 aromatic heterocycles. The molecule has 3 nitrogen and oxygen atoms in total. The van der Waals surface area contributed by atoms with E-state index < -0.39 is 0 Å². The monoisotopic (exact) mass is 304 g/mol. The van der Waals surface area contributed by atoms with Gasteiger partial charge in [-0.3, -0.25) is 0 Å². The van der Waals surface area contributed by atoms with Crippen LogP contribution in [0.4, 0.5) is 4.79 Å². The predicted molar refractivity (Wildman–Crippen MR) is 94.2 cm³/mol. The van der Waals surface area contributed by atoms with Crippen LogP contribution < -0.4 is 10.6 Å². The topological polar surface area (TPSA) is 41.1 Å². The molecule has 0 unspecified atom stereocenters. The lowest BCUT2D eigenvalue weighted by molar-refractivity contribution is 0.237. The maximum atomic E-state index is 12.1. The van der Waals surface area contributed by atoms with E-state index in [-0.39, 0.29) is 12.1 Å². The lowest BCUT2D eigenvalue weighted by Crippen LogP contribution is -2.36. The van der Waals surface area contributed by atoms with Crippen LogP contribution in [0.5, 0.6) is 0 Å². The molecule has 2 amide bonds. The summed E-state index contributed by atoms with van der Waals surface area (Å²) in [5.74, 6) is 0. The van der Waals surface area contributed by atoms with E-state index in [0.717, 1.165) is 11.1 Å². The van der Waals surface area contributed by atoms with Crippen LogP contribution in [0.15, 0.2) is 72.8 Å². The van der Waals surface area contributed by atoms with E-state index in [1.54, 1.807) is 0 Å². The molecule has 0 aliphatic rings. The third kappa shape index (κ3) is 3.69. The molecule has 1 atom stereocenters. The molecule has 0 spiro atoms. The number of benzene rings is 3. The lowest BCUT2D eigenvalue weighted by Gasteiger charge is -2.17. The molecule has 116 valence electrons. The predicted octanol–water partition coefficient (Wildman–Crippen LogP) is 4.40. The Morgan fingerprint density at radius 3 is 2.43 bits per heavy atom. The number of fused-ring (bicyclic) bond motifs is 1. The van der Waals surface area contributed by atoms with Gasteiger partial charge >= 0.3 is 6.03 Å². The molecule has 0 fully saturated rings. The minimum Gasteiger partial charge on any atom is -0.334 e. The van der Waals surface area contributed by atoms with Crippen LogP contribution in [-0.2, 0) is 6.54 Å². The summed E-state index contributed by atoms with van der Waals surface area (Å²) >= 11 is 0. The second-order valence-corrected chi connectivity index (χ2v) is 5.60. The van der Waals surface area contributed by atoms with Gasteiger partial charge in [-0.25, -0.2) is 4.79 Å². The lowest BCUT2D eigenvalue weighted by atomic mass is 10.00. The van der Waals surface area contributed by atoms with Crippen molar-refractivity contribution in [3.05, 3.63) is 83.9 Å². The van der Waals surface area contributed by atoms with E-state index in [0.29, 0.717) is 6.54 Å². The van der Waals surface area contributed by atoms with Gasteiger partial charge in [0.25, 0.3) is 0 Å². The molecule has 3 aromatic rings. The summed E-state index contributed by atoms with van der Waals surface area (Å²) in [5, 5.41) is 8.26. The molecular formula is C20H20N2O. The smallest absolute Gasteiger partial charge is 0.315 e. The summed E-state index contributed by atoms with van der Waals surface area (Å²) in [6, 6.07) is 24.1. The van der Waals surface area contributed by atoms with Crippen LogP contribution in [0.2, 0.25) is 0 Å². The average Bonchev–Trinajstić information content (AvgIpc) is 2.60. The minimum atomic E-state index is -0.158. The second kappa shape index (κ2) is 6.97. The van der Waals surface area contributed by atoms with Crippen molar-refractivity contribution in [3.8, 4) is 0 Å². The summed E-state index contributed by atoms with van der Waals surface area (Å²) in [5.41, 5.74) is 2.21. The number of hydrogen-bond acceptors (Lipinski definition) is 1. The number of carbonyl (C=O) groups is 1. The standard InChI is InChI=1S/C20H20N2O/c1-15(18-13-7-11-17-10-5-6-12-19(17)18)22-20(23)21-14-16-8-3-2-4-9-16/h2-13,15H,14H2,1H3,(H2,21,22,23)/t15-/m0/s1. The Morgan fingerprint density at radius 2 is 1.61 bits per heavy atom. The number of rotatable bonds is 4. The van der Waals surface area contributed by atoms with Gasteiger partial charge in [0, 0.05) is 6.54 Å². The Labute approximate surface area is 136 Å². The highest BCUT2D eigenvalue weighted by atomic mass is 16.2. The van der Waals surface area contributed by atoms with Crippen LogP contribution in [0, 0.1) is 0 Å². The van der Waals surface area contributed by atoms with Gasteiger partial charge in [-0.05, 0) is 28.8 Å². The van der Waals surface area contributed by atoms with Gasteiger partial charge in [0.2, 0.25) is 0 Å². The first-order valence-corrected chi connectivity index (χ1v) is 7.80. The van der Waals surface area contributed by atoms with Crippen LogP contribution in [0.3, 0.4) is 0 Å². The Hall–Kier alpha value is -2.81. The van der Waals surface area contributed by atoms with Crippen LogP contribution >= 0.6 is 0 Å². The van der Waals surface area contributed by atoms with E-state index in [1.165, 1.54) is 10.8 Å². The van der Waals surface area contributed by atoms with Gasteiger partial charge in [0.05, 0.1) is 6.04 Å². The fourth-order valence-corrected chi connectivity index (χ4v) is 2.73. The molecule has 0 aliphatic heterocycles. The van der Waals surface area contributed by atoms with E-state index in [4.69, 9.17) is 0 Å². The Bertz CT molecular complexity index is 794. The number of carbonyl (C=O) groups excluding carboxylic acids is 1. The van der Waals surface area contributed by atoms with Crippen LogP contribution in [0.1, 0.15) is 24.1 Å². The number of hydrogen-bond donors (Lipinski definition) is 2. The third-order valence-electron chi connectivity index (χ3n) is 3.93. The van der Waals surface area contributed by atoms with Crippen molar-refractivity contribution in [3.63, 3.8) is 0 Å². The number of urea groups is 1. The maximum absolute atomic E-state index is 12.1. The summed E-state index contributed by atoms with van der Waals surface area (Å²) in [4.78, 5) is 12.1. The zero-order chi connectivity index (χ0) is 16.1. The highest BCUT2D eigenvalue weighted by Gasteiger charge is 2.11. The zero-order valence-corrected chi connectivity index (χ0v) is 13.1. The first-order valence-electron chi connectivity index (χ1n) is 7.80. The zero-order valence-electron chi connectivity index (χ0n) is 13.1. The third-order valence-corrected chi connectivity index (χ3v) is 3.93. The minimum absolute atomic E-state index is 0.0585. The Kier molecular flexibility index (Phi) is 4.57. The molecule has 0 saturated heterocycles. The summed E-state index contributed by atoms with van der Waals surface area (Å²) in [6.07, 6.45) is 0. The first kappa shape index (κ1) is 15.1. The number of amides is 2. The van der Waals surface area contributed by atoms with E-state index in [9.17, 15) is 4.79 Å². The summed E-state index contributed by atoms with van der Waals surface area (Å²) in [7, 11) is 0. The molecule has 0 heterocycles. The second-order valence-electron chi connectivity index (χ2n) is 5.60. The van der Waals surface area contributed by atoms with Crippen molar-refractivity contribution in [2.45, 2.75) is 19.5 Å².